The van der Waals surface area contributed by atoms with Gasteiger partial charge in [0.2, 0.25) is 0 Å². The summed E-state index contributed by atoms with van der Waals surface area (Å²) in [5, 5.41) is 32.8. The van der Waals surface area contributed by atoms with Crippen molar-refractivity contribution < 1.29 is 19.9 Å². The van der Waals surface area contributed by atoms with E-state index >= 15 is 0 Å². The maximum atomic E-state index is 10.9. The normalized spacial score (nSPS) is 10.3. The summed E-state index contributed by atoms with van der Waals surface area (Å²) in [5.74, 6) is -0.0836. The van der Waals surface area contributed by atoms with Crippen LogP contribution in [0.4, 0.5) is 11.4 Å². The quantitative estimate of drug-likeness (QED) is 0.412. The molecule has 0 heterocycles. The van der Waals surface area contributed by atoms with E-state index in [1.54, 1.807) is 25.1 Å². The van der Waals surface area contributed by atoms with Crippen molar-refractivity contribution in [3.05, 3.63) is 52.1 Å². The Morgan fingerprint density at radius 1 is 1.17 bits per heavy atom. The number of nitrogens with one attached hydrogen (secondary N) is 1. The van der Waals surface area contributed by atoms with Gasteiger partial charge in [-0.25, -0.2) is 0 Å². The van der Waals surface area contributed by atoms with Gasteiger partial charge < -0.3 is 20.3 Å². The Kier molecular flexibility index (Phi) is 5.24. The molecular weight excluding hydrogens is 300 g/mol. The Balaban J connectivity index is 2.01. The number of nitro groups is 1. The number of rotatable bonds is 7. The van der Waals surface area contributed by atoms with Gasteiger partial charge in [0.25, 0.3) is 0 Å². The molecule has 0 aliphatic carbocycles. The molecule has 0 spiro atoms. The van der Waals surface area contributed by atoms with E-state index in [9.17, 15) is 20.3 Å². The number of hydrogen-bond acceptors (Lipinski definition) is 6. The van der Waals surface area contributed by atoms with Crippen LogP contribution in [0.3, 0.4) is 0 Å². The average molecular weight is 318 g/mol. The van der Waals surface area contributed by atoms with Crippen molar-refractivity contribution in [1.82, 2.24) is 0 Å². The molecule has 2 rings (SSSR count). The van der Waals surface area contributed by atoms with Gasteiger partial charge in [0.1, 0.15) is 0 Å². The van der Waals surface area contributed by atoms with E-state index in [1.807, 2.05) is 0 Å². The molecule has 0 aliphatic heterocycles. The molecule has 0 saturated heterocycles. The van der Waals surface area contributed by atoms with Gasteiger partial charge in [0.05, 0.1) is 11.5 Å². The molecule has 122 valence electrons. The Hall–Kier alpha value is -2.96. The van der Waals surface area contributed by atoms with Gasteiger partial charge in [-0.3, -0.25) is 10.1 Å². The summed E-state index contributed by atoms with van der Waals surface area (Å²) >= 11 is 0. The van der Waals surface area contributed by atoms with Crippen molar-refractivity contribution in [1.29, 1.82) is 0 Å². The van der Waals surface area contributed by atoms with Crippen LogP contribution in [0.15, 0.2) is 36.4 Å². The van der Waals surface area contributed by atoms with Crippen LogP contribution in [0.25, 0.3) is 0 Å². The minimum absolute atomic E-state index is 0.0687. The smallest absolute Gasteiger partial charge is 0.311 e. The maximum Gasteiger partial charge on any atom is 0.311 e. The minimum atomic E-state index is -0.478. The first-order chi connectivity index (χ1) is 11.0. The highest BCUT2D eigenvalue weighted by Gasteiger charge is 2.15. The molecule has 0 atom stereocenters. The van der Waals surface area contributed by atoms with E-state index in [0.29, 0.717) is 25.3 Å². The van der Waals surface area contributed by atoms with Crippen molar-refractivity contribution in [2.45, 2.75) is 13.3 Å². The summed E-state index contributed by atoms with van der Waals surface area (Å²) in [6, 6.07) is 9.27. The second kappa shape index (κ2) is 7.35. The lowest BCUT2D eigenvalue weighted by Gasteiger charge is -2.10. The highest BCUT2D eigenvalue weighted by molar-refractivity contribution is 5.58. The first kappa shape index (κ1) is 16.4. The zero-order valence-electron chi connectivity index (χ0n) is 12.7. The van der Waals surface area contributed by atoms with Gasteiger partial charge in [-0.1, -0.05) is 6.07 Å². The summed E-state index contributed by atoms with van der Waals surface area (Å²) in [5.41, 5.74) is 1.50. The van der Waals surface area contributed by atoms with E-state index in [2.05, 4.69) is 5.32 Å². The van der Waals surface area contributed by atoms with Gasteiger partial charge in [-0.05, 0) is 37.1 Å². The standard InChI is InChI=1S/C16H18N2O5/c1-2-23-16-10-12(4-5-13(16)18(21)22)17-8-7-11-3-6-14(19)15(20)9-11/h3-6,9-10,17,19-20H,2,7-8H2,1H3. The van der Waals surface area contributed by atoms with Crippen LogP contribution in [0, 0.1) is 10.1 Å². The van der Waals surface area contributed by atoms with Gasteiger partial charge in [0.15, 0.2) is 17.2 Å². The predicted molar refractivity (Wildman–Crippen MR) is 86.2 cm³/mol. The third kappa shape index (κ3) is 4.26. The Bertz CT molecular complexity index is 703. The van der Waals surface area contributed by atoms with E-state index in [1.165, 1.54) is 18.2 Å². The third-order valence-electron chi connectivity index (χ3n) is 3.24. The molecule has 2 aromatic rings. The average Bonchev–Trinajstić information content (AvgIpc) is 2.51. The molecule has 0 fully saturated rings. The van der Waals surface area contributed by atoms with Crippen molar-refractivity contribution in [2.75, 3.05) is 18.5 Å². The number of phenolic OH excluding ortho intramolecular Hbond substituents is 2. The summed E-state index contributed by atoms with van der Waals surface area (Å²) in [6.07, 6.45) is 0.620. The molecule has 0 unspecified atom stereocenters. The van der Waals surface area contributed by atoms with Gasteiger partial charge >= 0.3 is 5.69 Å². The molecular formula is C16H18N2O5. The second-order valence-electron chi connectivity index (χ2n) is 4.87. The number of ether oxygens (including phenoxy) is 1. The zero-order valence-corrected chi connectivity index (χ0v) is 12.7. The first-order valence-corrected chi connectivity index (χ1v) is 7.17. The number of benzene rings is 2. The molecule has 3 N–H and O–H groups in total. The monoisotopic (exact) mass is 318 g/mol. The number of phenols is 2. The number of nitrogens with zero attached hydrogens (tertiary/aromatic N) is 1. The highest BCUT2D eigenvalue weighted by atomic mass is 16.6. The Labute approximate surface area is 133 Å². The van der Waals surface area contributed by atoms with Gasteiger partial charge in [-0.15, -0.1) is 0 Å². The summed E-state index contributed by atoms with van der Waals surface area (Å²) in [7, 11) is 0. The molecule has 0 amide bonds. The Morgan fingerprint density at radius 2 is 1.96 bits per heavy atom. The van der Waals surface area contributed by atoms with Gasteiger partial charge in [-0.2, -0.15) is 0 Å². The number of hydrogen-bond donors (Lipinski definition) is 3. The van der Waals surface area contributed by atoms with Crippen LogP contribution in [0.1, 0.15) is 12.5 Å². The molecule has 0 aliphatic rings. The van der Waals surface area contributed by atoms with Crippen molar-refractivity contribution in [3.8, 4) is 17.2 Å². The molecule has 0 aromatic heterocycles. The van der Waals surface area contributed by atoms with Crippen molar-refractivity contribution in [3.63, 3.8) is 0 Å². The van der Waals surface area contributed by atoms with Crippen LogP contribution in [-0.4, -0.2) is 28.3 Å². The van der Waals surface area contributed by atoms with E-state index in [-0.39, 0.29) is 22.9 Å². The van der Waals surface area contributed by atoms with Crippen LogP contribution >= 0.6 is 0 Å². The first-order valence-electron chi connectivity index (χ1n) is 7.17. The van der Waals surface area contributed by atoms with Crippen LogP contribution in [0.2, 0.25) is 0 Å². The fraction of sp³-hybridized carbons (Fsp3) is 0.250. The highest BCUT2D eigenvalue weighted by Crippen LogP contribution is 2.30. The Morgan fingerprint density at radius 3 is 2.61 bits per heavy atom. The third-order valence-corrected chi connectivity index (χ3v) is 3.24. The van der Waals surface area contributed by atoms with Crippen molar-refractivity contribution >= 4 is 11.4 Å². The largest absolute Gasteiger partial charge is 0.504 e. The molecule has 0 saturated carbocycles. The molecule has 2 aromatic carbocycles. The van der Waals surface area contributed by atoms with E-state index in [0.717, 1.165) is 5.56 Å². The molecule has 0 radical (unpaired) electrons. The lowest BCUT2D eigenvalue weighted by molar-refractivity contribution is -0.385. The lowest BCUT2D eigenvalue weighted by Crippen LogP contribution is -2.06. The SMILES string of the molecule is CCOc1cc(NCCc2ccc(O)c(O)c2)ccc1[N+](=O)[O-]. The van der Waals surface area contributed by atoms with Crippen LogP contribution < -0.4 is 10.1 Å². The number of anilines is 1. The molecule has 0 bridgehead atoms. The molecule has 7 nitrogen and oxygen atoms in total. The number of aromatic hydroxyl groups is 2. The van der Waals surface area contributed by atoms with Gasteiger partial charge in [0, 0.05) is 24.4 Å². The molecule has 23 heavy (non-hydrogen) atoms. The fourth-order valence-corrected chi connectivity index (χ4v) is 2.12. The van der Waals surface area contributed by atoms with Crippen LogP contribution in [0.5, 0.6) is 17.2 Å². The minimum Gasteiger partial charge on any atom is -0.504 e. The summed E-state index contributed by atoms with van der Waals surface area (Å²) < 4.78 is 5.29. The number of nitro benzene ring substituents is 1. The van der Waals surface area contributed by atoms with E-state index < -0.39 is 4.92 Å². The second-order valence-corrected chi connectivity index (χ2v) is 4.87. The van der Waals surface area contributed by atoms with Crippen molar-refractivity contribution in [2.24, 2.45) is 0 Å². The summed E-state index contributed by atoms with van der Waals surface area (Å²) in [6.45, 7) is 2.67. The zero-order chi connectivity index (χ0) is 16.8. The lowest BCUT2D eigenvalue weighted by atomic mass is 10.1. The van der Waals surface area contributed by atoms with E-state index in [4.69, 9.17) is 4.74 Å². The predicted octanol–water partition coefficient (Wildman–Crippen LogP) is 3.06. The topological polar surface area (TPSA) is 105 Å². The van der Waals surface area contributed by atoms with Crippen LogP contribution in [-0.2, 0) is 6.42 Å². The fourth-order valence-electron chi connectivity index (χ4n) is 2.12. The maximum absolute atomic E-state index is 10.9. The molecule has 7 heteroatoms. The summed E-state index contributed by atoms with van der Waals surface area (Å²) in [4.78, 5) is 10.4.